The van der Waals surface area contributed by atoms with Crippen molar-refractivity contribution < 1.29 is 0 Å². The summed E-state index contributed by atoms with van der Waals surface area (Å²) >= 11 is 5.68. The van der Waals surface area contributed by atoms with Gasteiger partial charge in [-0.25, -0.2) is 0 Å². The molecule has 0 fully saturated rings. The van der Waals surface area contributed by atoms with Crippen LogP contribution in [0.25, 0.3) is 10.9 Å². The highest BCUT2D eigenvalue weighted by molar-refractivity contribution is 6.17. The molecule has 0 saturated heterocycles. The van der Waals surface area contributed by atoms with Crippen LogP contribution in [0.4, 0.5) is 0 Å². The van der Waals surface area contributed by atoms with Crippen molar-refractivity contribution >= 4 is 22.5 Å². The van der Waals surface area contributed by atoms with Crippen LogP contribution in [-0.4, -0.2) is 29.4 Å². The van der Waals surface area contributed by atoms with Gasteiger partial charge < -0.3 is 4.90 Å². The van der Waals surface area contributed by atoms with Crippen molar-refractivity contribution in [3.05, 3.63) is 42.1 Å². The van der Waals surface area contributed by atoms with Gasteiger partial charge in [-0.1, -0.05) is 24.6 Å². The summed E-state index contributed by atoms with van der Waals surface area (Å²) in [4.78, 5) is 6.85. The van der Waals surface area contributed by atoms with Gasteiger partial charge in [-0.15, -0.1) is 11.6 Å². The van der Waals surface area contributed by atoms with Gasteiger partial charge in [0.1, 0.15) is 0 Å². The Bertz CT molecular complexity index is 513. The number of nitrogens with zero attached hydrogens (tertiary/aromatic N) is 2. The average Bonchev–Trinajstić information content (AvgIpc) is 2.43. The van der Waals surface area contributed by atoms with E-state index in [2.05, 4.69) is 41.2 Å². The minimum absolute atomic E-state index is 0.776. The van der Waals surface area contributed by atoms with Gasteiger partial charge in [0.05, 0.1) is 5.52 Å². The Kier molecular flexibility index (Phi) is 5.62. The minimum Gasteiger partial charge on any atom is -0.302 e. The molecule has 1 heterocycles. The number of rotatable bonds is 7. The molecule has 1 aromatic carbocycles. The molecule has 2 rings (SSSR count). The largest absolute Gasteiger partial charge is 0.302 e. The Morgan fingerprint density at radius 3 is 2.84 bits per heavy atom. The molecule has 19 heavy (non-hydrogen) atoms. The molecular weight excluding hydrogens is 256 g/mol. The lowest BCUT2D eigenvalue weighted by Crippen LogP contribution is -2.19. The molecule has 0 N–H and O–H groups in total. The SMILES string of the molecule is CN(CCCCCCl)Cc1cnc2ccccc2c1. The highest BCUT2D eigenvalue weighted by Crippen LogP contribution is 2.14. The number of hydrogen-bond donors (Lipinski definition) is 0. The molecule has 1 aromatic heterocycles. The Balaban J connectivity index is 1.89. The van der Waals surface area contributed by atoms with Gasteiger partial charge in [0, 0.05) is 24.0 Å². The molecule has 0 bridgehead atoms. The van der Waals surface area contributed by atoms with E-state index in [-0.39, 0.29) is 0 Å². The van der Waals surface area contributed by atoms with E-state index in [1.807, 2.05) is 12.3 Å². The first-order valence-corrected chi connectivity index (χ1v) is 7.41. The number of aromatic nitrogens is 1. The maximum atomic E-state index is 5.68. The van der Waals surface area contributed by atoms with Crippen molar-refractivity contribution in [2.45, 2.75) is 25.8 Å². The monoisotopic (exact) mass is 276 g/mol. The third-order valence-electron chi connectivity index (χ3n) is 3.27. The van der Waals surface area contributed by atoms with Crippen molar-refractivity contribution in [3.63, 3.8) is 0 Å². The fourth-order valence-electron chi connectivity index (χ4n) is 2.25. The number of halogens is 1. The summed E-state index contributed by atoms with van der Waals surface area (Å²) in [6.45, 7) is 2.07. The van der Waals surface area contributed by atoms with E-state index in [0.717, 1.165) is 30.9 Å². The molecule has 3 heteroatoms. The lowest BCUT2D eigenvalue weighted by atomic mass is 10.1. The summed E-state index contributed by atoms with van der Waals surface area (Å²) in [5, 5.41) is 1.22. The second-order valence-electron chi connectivity index (χ2n) is 5.02. The van der Waals surface area contributed by atoms with Crippen LogP contribution in [0.5, 0.6) is 0 Å². The molecule has 0 aliphatic heterocycles. The summed E-state index contributed by atoms with van der Waals surface area (Å²) in [5.41, 5.74) is 2.34. The molecule has 2 nitrogen and oxygen atoms in total. The molecule has 2 aromatic rings. The maximum absolute atomic E-state index is 5.68. The number of unbranched alkanes of at least 4 members (excludes halogenated alkanes) is 2. The van der Waals surface area contributed by atoms with E-state index >= 15 is 0 Å². The second-order valence-corrected chi connectivity index (χ2v) is 5.40. The first kappa shape index (κ1) is 14.3. The molecule has 0 radical (unpaired) electrons. The highest BCUT2D eigenvalue weighted by atomic mass is 35.5. The standard InChI is InChI=1S/C16H21ClN2/c1-19(10-6-2-5-9-17)13-14-11-15-7-3-4-8-16(15)18-12-14/h3-4,7-8,11-12H,2,5-6,9-10,13H2,1H3. The predicted octanol–water partition coefficient (Wildman–Crippen LogP) is 4.08. The van der Waals surface area contributed by atoms with Crippen LogP contribution in [0.3, 0.4) is 0 Å². The van der Waals surface area contributed by atoms with Gasteiger partial charge in [-0.3, -0.25) is 4.98 Å². The zero-order valence-electron chi connectivity index (χ0n) is 11.5. The Labute approximate surface area is 120 Å². The molecule has 0 aliphatic rings. The van der Waals surface area contributed by atoms with Crippen LogP contribution < -0.4 is 0 Å². The normalized spacial score (nSPS) is 11.3. The average molecular weight is 277 g/mol. The molecule has 0 atom stereocenters. The van der Waals surface area contributed by atoms with E-state index in [0.29, 0.717) is 0 Å². The van der Waals surface area contributed by atoms with Crippen LogP contribution in [0.2, 0.25) is 0 Å². The lowest BCUT2D eigenvalue weighted by Gasteiger charge is -2.16. The highest BCUT2D eigenvalue weighted by Gasteiger charge is 2.02. The summed E-state index contributed by atoms with van der Waals surface area (Å²) in [5.74, 6) is 0.776. The van der Waals surface area contributed by atoms with E-state index in [4.69, 9.17) is 11.6 Å². The second kappa shape index (κ2) is 7.46. The van der Waals surface area contributed by atoms with Gasteiger partial charge in [-0.2, -0.15) is 0 Å². The number of hydrogen-bond acceptors (Lipinski definition) is 2. The molecule has 102 valence electrons. The number of benzene rings is 1. The minimum atomic E-state index is 0.776. The van der Waals surface area contributed by atoms with Crippen molar-refractivity contribution in [3.8, 4) is 0 Å². The predicted molar refractivity (Wildman–Crippen MR) is 82.6 cm³/mol. The fraction of sp³-hybridized carbons (Fsp3) is 0.438. The summed E-state index contributed by atoms with van der Waals surface area (Å²) in [7, 11) is 2.16. The van der Waals surface area contributed by atoms with Crippen molar-refractivity contribution in [2.75, 3.05) is 19.5 Å². The van der Waals surface area contributed by atoms with Gasteiger partial charge >= 0.3 is 0 Å². The van der Waals surface area contributed by atoms with Gasteiger partial charge in [0.2, 0.25) is 0 Å². The van der Waals surface area contributed by atoms with Gasteiger partial charge in [-0.05, 0) is 44.1 Å². The first-order chi connectivity index (χ1) is 9.29. The van der Waals surface area contributed by atoms with Crippen molar-refractivity contribution in [1.29, 1.82) is 0 Å². The summed E-state index contributed by atoms with van der Waals surface area (Å²) < 4.78 is 0. The van der Waals surface area contributed by atoms with E-state index in [1.54, 1.807) is 0 Å². The Morgan fingerprint density at radius 2 is 2.00 bits per heavy atom. The topological polar surface area (TPSA) is 16.1 Å². The number of para-hydroxylation sites is 1. The van der Waals surface area contributed by atoms with Crippen LogP contribution in [0.15, 0.2) is 36.5 Å². The van der Waals surface area contributed by atoms with Crippen LogP contribution >= 0.6 is 11.6 Å². The summed E-state index contributed by atoms with van der Waals surface area (Å²) in [6, 6.07) is 10.5. The Morgan fingerprint density at radius 1 is 1.16 bits per heavy atom. The quantitative estimate of drug-likeness (QED) is 0.560. The first-order valence-electron chi connectivity index (χ1n) is 6.88. The fourth-order valence-corrected chi connectivity index (χ4v) is 2.44. The number of alkyl halides is 1. The molecule has 0 aliphatic carbocycles. The van der Waals surface area contributed by atoms with Crippen LogP contribution in [0.1, 0.15) is 24.8 Å². The number of pyridine rings is 1. The van der Waals surface area contributed by atoms with Crippen LogP contribution in [0, 0.1) is 0 Å². The molecule has 0 spiro atoms. The lowest BCUT2D eigenvalue weighted by molar-refractivity contribution is 0.318. The van der Waals surface area contributed by atoms with E-state index in [1.165, 1.54) is 23.8 Å². The molecule has 0 amide bonds. The maximum Gasteiger partial charge on any atom is 0.0702 e. The van der Waals surface area contributed by atoms with Gasteiger partial charge in [0.25, 0.3) is 0 Å². The summed E-state index contributed by atoms with van der Waals surface area (Å²) in [6.07, 6.45) is 5.53. The van der Waals surface area contributed by atoms with E-state index < -0.39 is 0 Å². The molecule has 0 unspecified atom stereocenters. The van der Waals surface area contributed by atoms with Crippen LogP contribution in [-0.2, 0) is 6.54 Å². The van der Waals surface area contributed by atoms with Crippen molar-refractivity contribution in [1.82, 2.24) is 9.88 Å². The zero-order valence-corrected chi connectivity index (χ0v) is 12.2. The van der Waals surface area contributed by atoms with E-state index in [9.17, 15) is 0 Å². The molecule has 0 saturated carbocycles. The zero-order chi connectivity index (χ0) is 13.5. The van der Waals surface area contributed by atoms with Crippen molar-refractivity contribution in [2.24, 2.45) is 0 Å². The number of fused-ring (bicyclic) bond motifs is 1. The Hall–Kier alpha value is -1.12. The third-order valence-corrected chi connectivity index (χ3v) is 3.54. The van der Waals surface area contributed by atoms with Gasteiger partial charge in [0.15, 0.2) is 0 Å². The third kappa shape index (κ3) is 4.48. The smallest absolute Gasteiger partial charge is 0.0702 e. The molecular formula is C16H21ClN2.